The predicted octanol–water partition coefficient (Wildman–Crippen LogP) is 1.25. The minimum Gasteiger partial charge on any atom is -0.481 e. The van der Waals surface area contributed by atoms with Gasteiger partial charge in [-0.15, -0.1) is 0 Å². The molecule has 0 aliphatic carbocycles. The lowest BCUT2D eigenvalue weighted by atomic mass is 9.91. The molecule has 1 aliphatic heterocycles. The second-order valence-electron chi connectivity index (χ2n) is 6.85. The second-order valence-corrected chi connectivity index (χ2v) is 6.85. The van der Waals surface area contributed by atoms with Gasteiger partial charge in [0.2, 0.25) is 11.8 Å². The molecular weight excluding hydrogens is 372 g/mol. The number of rotatable bonds is 8. The molecule has 1 unspecified atom stereocenters. The van der Waals surface area contributed by atoms with E-state index in [0.29, 0.717) is 26.1 Å². The molecule has 2 amide bonds. The monoisotopic (exact) mass is 396 g/mol. The molecule has 0 spiro atoms. The highest BCUT2D eigenvalue weighted by molar-refractivity contribution is 5.91. The molecule has 1 aromatic carbocycles. The van der Waals surface area contributed by atoms with Gasteiger partial charge in [0.05, 0.1) is 18.9 Å². The van der Waals surface area contributed by atoms with Gasteiger partial charge in [-0.1, -0.05) is 30.3 Å². The lowest BCUT2D eigenvalue weighted by Gasteiger charge is -2.23. The van der Waals surface area contributed by atoms with Crippen LogP contribution in [0.4, 0.5) is 5.82 Å². The molecule has 2 heterocycles. The van der Waals surface area contributed by atoms with E-state index in [1.165, 1.54) is 4.90 Å². The normalized spacial score (nSPS) is 15.9. The number of carboxylic acid groups (broad SMARTS) is 1. The quantitative estimate of drug-likeness (QED) is 0.579. The number of hydrogen-bond donors (Lipinski definition) is 3. The van der Waals surface area contributed by atoms with Crippen LogP contribution in [-0.4, -0.2) is 59.0 Å². The number of fused-ring (bicyclic) bond motifs is 1. The number of nitrogens with one attached hydrogen (secondary N) is 2. The third kappa shape index (κ3) is 5.54. The zero-order chi connectivity index (χ0) is 20.6. The van der Waals surface area contributed by atoms with E-state index in [2.05, 4.69) is 15.6 Å². The summed E-state index contributed by atoms with van der Waals surface area (Å²) in [6, 6.07) is 12.9. The number of anilines is 1. The zero-order valence-corrected chi connectivity index (χ0v) is 16.0. The smallest absolute Gasteiger partial charge is 0.304 e. The molecule has 0 radical (unpaired) electrons. The van der Waals surface area contributed by atoms with Gasteiger partial charge in [-0.25, -0.2) is 4.98 Å². The minimum absolute atomic E-state index is 0.0907. The summed E-state index contributed by atoms with van der Waals surface area (Å²) in [5.74, 6) is -1.69. The van der Waals surface area contributed by atoms with E-state index in [1.807, 2.05) is 30.3 Å². The van der Waals surface area contributed by atoms with Crippen molar-refractivity contribution in [1.82, 2.24) is 15.2 Å². The van der Waals surface area contributed by atoms with Crippen molar-refractivity contribution in [3.05, 3.63) is 59.8 Å². The van der Waals surface area contributed by atoms with E-state index in [9.17, 15) is 19.5 Å². The Morgan fingerprint density at radius 1 is 1.14 bits per heavy atom. The van der Waals surface area contributed by atoms with E-state index >= 15 is 0 Å². The van der Waals surface area contributed by atoms with Crippen molar-refractivity contribution in [1.29, 1.82) is 0 Å². The third-order valence-corrected chi connectivity index (χ3v) is 4.82. The lowest BCUT2D eigenvalue weighted by Crippen LogP contribution is -2.43. The largest absolute Gasteiger partial charge is 0.481 e. The van der Waals surface area contributed by atoms with Crippen molar-refractivity contribution in [3.8, 4) is 0 Å². The lowest BCUT2D eigenvalue weighted by molar-refractivity contribution is -0.143. The number of carboxylic acids is 1. The summed E-state index contributed by atoms with van der Waals surface area (Å²) in [5.41, 5.74) is 1.69. The minimum atomic E-state index is -1.04. The Kier molecular flexibility index (Phi) is 6.78. The molecule has 29 heavy (non-hydrogen) atoms. The van der Waals surface area contributed by atoms with Gasteiger partial charge in [0.15, 0.2) is 0 Å². The number of carbonyl (C=O) groups is 3. The van der Waals surface area contributed by atoms with Crippen LogP contribution in [0.25, 0.3) is 0 Å². The van der Waals surface area contributed by atoms with Gasteiger partial charge in [0, 0.05) is 25.8 Å². The Balaban J connectivity index is 1.56. The molecule has 0 saturated heterocycles. The molecule has 0 bridgehead atoms. The SMILES string of the molecule is O=C(O)CC1C(=O)N(CC(=O)NCCNc2ccccn2)CCc2ccccc21. The summed E-state index contributed by atoms with van der Waals surface area (Å²) in [7, 11) is 0. The van der Waals surface area contributed by atoms with Gasteiger partial charge in [-0.3, -0.25) is 14.4 Å². The maximum atomic E-state index is 13.0. The first kappa shape index (κ1) is 20.3. The van der Waals surface area contributed by atoms with Crippen LogP contribution < -0.4 is 10.6 Å². The first-order chi connectivity index (χ1) is 14.0. The molecule has 1 aromatic heterocycles. The van der Waals surface area contributed by atoms with Crippen LogP contribution in [-0.2, 0) is 20.8 Å². The molecule has 1 aliphatic rings. The van der Waals surface area contributed by atoms with E-state index in [1.54, 1.807) is 18.3 Å². The fraction of sp³-hybridized carbons (Fsp3) is 0.333. The Morgan fingerprint density at radius 2 is 1.93 bits per heavy atom. The van der Waals surface area contributed by atoms with Crippen LogP contribution in [0, 0.1) is 0 Å². The number of aromatic nitrogens is 1. The van der Waals surface area contributed by atoms with Crippen LogP contribution >= 0.6 is 0 Å². The van der Waals surface area contributed by atoms with Crippen LogP contribution in [0.1, 0.15) is 23.5 Å². The summed E-state index contributed by atoms with van der Waals surface area (Å²) < 4.78 is 0. The van der Waals surface area contributed by atoms with Crippen LogP contribution in [0.2, 0.25) is 0 Å². The Bertz CT molecular complexity index is 872. The van der Waals surface area contributed by atoms with Gasteiger partial charge >= 0.3 is 5.97 Å². The number of hydrogen-bond acceptors (Lipinski definition) is 5. The van der Waals surface area contributed by atoms with Crippen molar-refractivity contribution >= 4 is 23.6 Å². The number of benzene rings is 1. The third-order valence-electron chi connectivity index (χ3n) is 4.82. The summed E-state index contributed by atoms with van der Waals surface area (Å²) in [5, 5.41) is 15.1. The average molecular weight is 396 g/mol. The number of carbonyl (C=O) groups excluding carboxylic acids is 2. The van der Waals surface area contributed by atoms with Gasteiger partial charge < -0.3 is 20.6 Å². The summed E-state index contributed by atoms with van der Waals surface area (Å²) in [6.07, 6.45) is 1.98. The Hall–Kier alpha value is -3.42. The van der Waals surface area contributed by atoms with Crippen molar-refractivity contribution in [2.45, 2.75) is 18.8 Å². The van der Waals surface area contributed by atoms with E-state index in [0.717, 1.165) is 16.9 Å². The maximum absolute atomic E-state index is 13.0. The molecule has 0 fully saturated rings. The maximum Gasteiger partial charge on any atom is 0.304 e. The Labute approximate surface area is 168 Å². The number of amides is 2. The van der Waals surface area contributed by atoms with Crippen molar-refractivity contribution in [2.75, 3.05) is 31.5 Å². The Morgan fingerprint density at radius 3 is 2.69 bits per heavy atom. The highest BCUT2D eigenvalue weighted by atomic mass is 16.4. The summed E-state index contributed by atoms with van der Waals surface area (Å²) in [4.78, 5) is 42.2. The number of pyridine rings is 1. The van der Waals surface area contributed by atoms with Gasteiger partial charge in [-0.2, -0.15) is 0 Å². The molecule has 0 saturated carbocycles. The van der Waals surface area contributed by atoms with E-state index in [4.69, 9.17) is 0 Å². The van der Waals surface area contributed by atoms with Gasteiger partial charge in [-0.05, 0) is 29.7 Å². The zero-order valence-electron chi connectivity index (χ0n) is 16.0. The summed E-state index contributed by atoms with van der Waals surface area (Å²) >= 11 is 0. The molecular formula is C21H24N4O4. The predicted molar refractivity (Wildman–Crippen MR) is 107 cm³/mol. The van der Waals surface area contributed by atoms with Crippen molar-refractivity contribution < 1.29 is 19.5 Å². The second kappa shape index (κ2) is 9.68. The molecule has 3 rings (SSSR count). The average Bonchev–Trinajstić information content (AvgIpc) is 2.84. The van der Waals surface area contributed by atoms with Crippen molar-refractivity contribution in [3.63, 3.8) is 0 Å². The van der Waals surface area contributed by atoms with Crippen LogP contribution in [0.3, 0.4) is 0 Å². The molecule has 2 aromatic rings. The van der Waals surface area contributed by atoms with E-state index in [-0.39, 0.29) is 24.8 Å². The molecule has 1 atom stereocenters. The van der Waals surface area contributed by atoms with E-state index < -0.39 is 11.9 Å². The molecule has 8 nitrogen and oxygen atoms in total. The number of nitrogens with zero attached hydrogens (tertiary/aromatic N) is 2. The highest BCUT2D eigenvalue weighted by Crippen LogP contribution is 2.29. The number of aliphatic carboxylic acids is 1. The highest BCUT2D eigenvalue weighted by Gasteiger charge is 2.33. The standard InChI is InChI=1S/C21H24N4O4/c26-19(24-11-10-23-18-7-3-4-9-22-18)14-25-12-8-15-5-1-2-6-16(15)17(21(25)29)13-20(27)28/h1-7,9,17H,8,10-14H2,(H,22,23)(H,24,26)(H,27,28). The van der Waals surface area contributed by atoms with Crippen LogP contribution in [0.5, 0.6) is 0 Å². The van der Waals surface area contributed by atoms with Crippen molar-refractivity contribution in [2.24, 2.45) is 0 Å². The van der Waals surface area contributed by atoms with Gasteiger partial charge in [0.1, 0.15) is 5.82 Å². The molecule has 3 N–H and O–H groups in total. The molecule has 8 heteroatoms. The topological polar surface area (TPSA) is 112 Å². The first-order valence-corrected chi connectivity index (χ1v) is 9.54. The fourth-order valence-corrected chi connectivity index (χ4v) is 3.44. The molecule has 152 valence electrons. The first-order valence-electron chi connectivity index (χ1n) is 9.54. The summed E-state index contributed by atoms with van der Waals surface area (Å²) in [6.45, 7) is 1.18. The fourth-order valence-electron chi connectivity index (χ4n) is 3.44. The van der Waals surface area contributed by atoms with Crippen LogP contribution in [0.15, 0.2) is 48.7 Å². The van der Waals surface area contributed by atoms with Gasteiger partial charge in [0.25, 0.3) is 0 Å².